The zero-order valence-corrected chi connectivity index (χ0v) is 18.7. The van der Waals surface area contributed by atoms with Gasteiger partial charge in [-0.25, -0.2) is 8.42 Å². The molecule has 0 atom stereocenters. The summed E-state index contributed by atoms with van der Waals surface area (Å²) in [5.41, 5.74) is 3.07. The second-order valence-corrected chi connectivity index (χ2v) is 10.0. The fourth-order valence-electron chi connectivity index (χ4n) is 2.79. The molecular formula is C22H32N3O3S+. The summed E-state index contributed by atoms with van der Waals surface area (Å²) in [4.78, 5) is 12.4. The lowest BCUT2D eigenvalue weighted by Gasteiger charge is -2.16. The van der Waals surface area contributed by atoms with Crippen LogP contribution in [-0.2, 0) is 10.0 Å². The van der Waals surface area contributed by atoms with Crippen LogP contribution in [0.15, 0.2) is 47.4 Å². The third kappa shape index (κ3) is 6.87. The molecule has 0 aliphatic heterocycles. The molecule has 0 heterocycles. The molecular weight excluding hydrogens is 386 g/mol. The maximum absolute atomic E-state index is 12.7. The maximum Gasteiger partial charge on any atom is 0.261 e. The van der Waals surface area contributed by atoms with E-state index in [4.69, 9.17) is 0 Å². The van der Waals surface area contributed by atoms with E-state index in [9.17, 15) is 13.2 Å². The van der Waals surface area contributed by atoms with Gasteiger partial charge in [0.1, 0.15) is 0 Å². The highest BCUT2D eigenvalue weighted by atomic mass is 32.2. The molecule has 0 unspecified atom stereocenters. The lowest BCUT2D eigenvalue weighted by Crippen LogP contribution is -2.94. The molecule has 29 heavy (non-hydrogen) atoms. The molecule has 0 radical (unpaired) electrons. The van der Waals surface area contributed by atoms with Crippen molar-refractivity contribution in [2.24, 2.45) is 0 Å². The normalized spacial score (nSPS) is 11.9. The van der Waals surface area contributed by atoms with Crippen LogP contribution < -0.4 is 15.4 Å². The van der Waals surface area contributed by atoms with Gasteiger partial charge in [0.25, 0.3) is 15.9 Å². The number of benzene rings is 2. The predicted molar refractivity (Wildman–Crippen MR) is 117 cm³/mol. The van der Waals surface area contributed by atoms with E-state index in [0.717, 1.165) is 24.1 Å². The van der Waals surface area contributed by atoms with Crippen molar-refractivity contribution in [1.82, 2.24) is 5.32 Å². The first-order valence-electron chi connectivity index (χ1n) is 9.81. The smallest absolute Gasteiger partial charge is 0.261 e. The van der Waals surface area contributed by atoms with Gasteiger partial charge in [0, 0.05) is 18.5 Å². The summed E-state index contributed by atoms with van der Waals surface area (Å²) in [6.45, 7) is 11.8. The van der Waals surface area contributed by atoms with Crippen LogP contribution in [-0.4, -0.2) is 33.0 Å². The van der Waals surface area contributed by atoms with Gasteiger partial charge in [0.05, 0.1) is 22.7 Å². The van der Waals surface area contributed by atoms with Crippen LogP contribution in [0, 0.1) is 13.8 Å². The SMILES string of the molecule is Cc1cccc(NS(=O)(=O)c2ccc(C(=O)NCCC[NH2+]C(C)(C)C)cc2)c1C. The van der Waals surface area contributed by atoms with Crippen molar-refractivity contribution in [2.75, 3.05) is 17.8 Å². The van der Waals surface area contributed by atoms with Crippen molar-refractivity contribution in [3.8, 4) is 0 Å². The first-order valence-corrected chi connectivity index (χ1v) is 11.3. The first kappa shape index (κ1) is 22.9. The Balaban J connectivity index is 1.96. The summed E-state index contributed by atoms with van der Waals surface area (Å²) >= 11 is 0. The van der Waals surface area contributed by atoms with E-state index in [1.165, 1.54) is 24.3 Å². The van der Waals surface area contributed by atoms with Crippen LogP contribution in [0.3, 0.4) is 0 Å². The number of quaternary nitrogens is 1. The molecule has 4 N–H and O–H groups in total. The van der Waals surface area contributed by atoms with Crippen molar-refractivity contribution in [1.29, 1.82) is 0 Å². The minimum absolute atomic E-state index is 0.120. The van der Waals surface area contributed by atoms with Crippen LogP contribution in [0.2, 0.25) is 0 Å². The summed E-state index contributed by atoms with van der Waals surface area (Å²) in [5, 5.41) is 5.11. The molecule has 7 heteroatoms. The van der Waals surface area contributed by atoms with Crippen LogP contribution >= 0.6 is 0 Å². The highest BCUT2D eigenvalue weighted by molar-refractivity contribution is 7.92. The van der Waals surface area contributed by atoms with E-state index < -0.39 is 10.0 Å². The maximum atomic E-state index is 12.7. The molecule has 0 spiro atoms. The number of nitrogens with two attached hydrogens (primary N) is 1. The minimum Gasteiger partial charge on any atom is -0.352 e. The molecule has 0 aliphatic carbocycles. The van der Waals surface area contributed by atoms with Crippen LogP contribution in [0.4, 0.5) is 5.69 Å². The number of carbonyl (C=O) groups excluding carboxylic acids is 1. The van der Waals surface area contributed by atoms with Gasteiger partial charge in [-0.05, 0) is 76.1 Å². The standard InChI is InChI=1S/C22H31N3O3S/c1-16-8-6-9-20(17(16)2)25-29(27,28)19-12-10-18(11-13-19)21(26)23-14-7-15-24-22(3,4)5/h6,8-13,24-25H,7,14-15H2,1-5H3,(H,23,26)/p+1. The van der Waals surface area contributed by atoms with Crippen LogP contribution in [0.25, 0.3) is 0 Å². The van der Waals surface area contributed by atoms with E-state index in [-0.39, 0.29) is 16.3 Å². The molecule has 0 fully saturated rings. The largest absolute Gasteiger partial charge is 0.352 e. The number of anilines is 1. The molecule has 0 saturated carbocycles. The van der Waals surface area contributed by atoms with E-state index in [0.29, 0.717) is 17.8 Å². The lowest BCUT2D eigenvalue weighted by atomic mass is 10.1. The predicted octanol–water partition coefficient (Wildman–Crippen LogP) is 2.59. The van der Waals surface area contributed by atoms with Crippen LogP contribution in [0.1, 0.15) is 48.7 Å². The van der Waals surface area contributed by atoms with Crippen molar-refractivity contribution in [2.45, 2.75) is 51.5 Å². The molecule has 2 aromatic carbocycles. The van der Waals surface area contributed by atoms with Gasteiger partial charge in [0.15, 0.2) is 0 Å². The van der Waals surface area contributed by atoms with Gasteiger partial charge in [-0.1, -0.05) is 12.1 Å². The van der Waals surface area contributed by atoms with Crippen molar-refractivity contribution >= 4 is 21.6 Å². The van der Waals surface area contributed by atoms with E-state index in [1.54, 1.807) is 6.07 Å². The average Bonchev–Trinajstić information content (AvgIpc) is 2.64. The number of hydrogen-bond donors (Lipinski definition) is 3. The molecule has 0 aliphatic rings. The lowest BCUT2D eigenvalue weighted by molar-refractivity contribution is -0.717. The summed E-state index contributed by atoms with van der Waals surface area (Å²) in [6.07, 6.45) is 0.870. The summed E-state index contributed by atoms with van der Waals surface area (Å²) < 4.78 is 27.9. The molecule has 2 rings (SSSR count). The summed E-state index contributed by atoms with van der Waals surface area (Å²) in [5.74, 6) is -0.202. The molecule has 0 bridgehead atoms. The number of nitrogens with one attached hydrogen (secondary N) is 2. The quantitative estimate of drug-likeness (QED) is 0.576. The van der Waals surface area contributed by atoms with Crippen molar-refractivity contribution in [3.63, 3.8) is 0 Å². The summed E-state index contributed by atoms with van der Waals surface area (Å²) in [6, 6.07) is 11.5. The first-order chi connectivity index (χ1) is 13.5. The minimum atomic E-state index is -3.72. The van der Waals surface area contributed by atoms with Crippen molar-refractivity contribution in [3.05, 3.63) is 59.2 Å². The fraction of sp³-hybridized carbons (Fsp3) is 0.409. The second kappa shape index (κ2) is 9.41. The Kier molecular flexibility index (Phi) is 7.43. The molecule has 1 amide bonds. The topological polar surface area (TPSA) is 91.9 Å². The number of hydrogen-bond acceptors (Lipinski definition) is 3. The Bertz CT molecular complexity index is 946. The zero-order chi connectivity index (χ0) is 21.7. The number of rotatable bonds is 8. The third-order valence-electron chi connectivity index (χ3n) is 4.70. The van der Waals surface area contributed by atoms with E-state index in [1.807, 2.05) is 26.0 Å². The molecule has 0 aromatic heterocycles. The Morgan fingerprint density at radius 1 is 1.03 bits per heavy atom. The number of sulfonamides is 1. The molecule has 0 saturated heterocycles. The van der Waals surface area contributed by atoms with E-state index in [2.05, 4.69) is 36.1 Å². The van der Waals surface area contributed by atoms with Crippen LogP contribution in [0.5, 0.6) is 0 Å². The summed E-state index contributed by atoms with van der Waals surface area (Å²) in [7, 11) is -3.72. The Labute approximate surface area is 174 Å². The monoisotopic (exact) mass is 418 g/mol. The van der Waals surface area contributed by atoms with Gasteiger partial charge in [-0.15, -0.1) is 0 Å². The number of amides is 1. The van der Waals surface area contributed by atoms with Gasteiger partial charge in [-0.2, -0.15) is 0 Å². The molecule has 2 aromatic rings. The number of aryl methyl sites for hydroxylation is 1. The zero-order valence-electron chi connectivity index (χ0n) is 17.9. The third-order valence-corrected chi connectivity index (χ3v) is 6.08. The highest BCUT2D eigenvalue weighted by Gasteiger charge is 2.17. The van der Waals surface area contributed by atoms with Gasteiger partial charge >= 0.3 is 0 Å². The Morgan fingerprint density at radius 2 is 1.69 bits per heavy atom. The second-order valence-electron chi connectivity index (χ2n) is 8.35. The highest BCUT2D eigenvalue weighted by Crippen LogP contribution is 2.22. The van der Waals surface area contributed by atoms with E-state index >= 15 is 0 Å². The van der Waals surface area contributed by atoms with Gasteiger partial charge in [0.2, 0.25) is 0 Å². The fourth-order valence-corrected chi connectivity index (χ4v) is 3.91. The van der Waals surface area contributed by atoms with Crippen molar-refractivity contribution < 1.29 is 18.5 Å². The number of carbonyl (C=O) groups is 1. The van der Waals surface area contributed by atoms with Gasteiger partial charge in [-0.3, -0.25) is 9.52 Å². The van der Waals surface area contributed by atoms with Gasteiger partial charge < -0.3 is 10.6 Å². The average molecular weight is 419 g/mol. The Morgan fingerprint density at radius 3 is 2.31 bits per heavy atom. The molecule has 158 valence electrons. The molecule has 6 nitrogen and oxygen atoms in total. The Hall–Kier alpha value is -2.38.